The largest absolute Gasteiger partial charge is 0.462 e. The van der Waals surface area contributed by atoms with E-state index in [2.05, 4.69) is 30.9 Å². The molecule has 3 rings (SSSR count). The molecular formula is C16H14BrN3O3S. The van der Waals surface area contributed by atoms with Crippen LogP contribution in [0.4, 0.5) is 0 Å². The molecule has 0 saturated carbocycles. The smallest absolute Gasteiger partial charge is 0.348 e. The number of carbonyl (C=O) groups is 1. The van der Waals surface area contributed by atoms with Crippen molar-refractivity contribution in [3.63, 3.8) is 0 Å². The number of esters is 1. The fraction of sp³-hybridized carbons (Fsp3) is 0.250. The predicted octanol–water partition coefficient (Wildman–Crippen LogP) is 4.43. The number of ether oxygens (including phenoxy) is 2. The van der Waals surface area contributed by atoms with Gasteiger partial charge in [-0.15, -0.1) is 11.3 Å². The molecule has 0 spiro atoms. The van der Waals surface area contributed by atoms with Gasteiger partial charge in [0, 0.05) is 5.69 Å². The van der Waals surface area contributed by atoms with E-state index in [-0.39, 0.29) is 5.97 Å². The molecule has 0 aliphatic rings. The Labute approximate surface area is 151 Å². The van der Waals surface area contributed by atoms with E-state index in [1.807, 2.05) is 26.0 Å². The quantitative estimate of drug-likeness (QED) is 0.470. The van der Waals surface area contributed by atoms with Crippen LogP contribution in [0, 0.1) is 13.8 Å². The molecule has 6 nitrogen and oxygen atoms in total. The summed E-state index contributed by atoms with van der Waals surface area (Å²) in [6, 6.07) is 3.66. The first-order valence-electron chi connectivity index (χ1n) is 7.23. The lowest BCUT2D eigenvalue weighted by molar-refractivity contribution is 0.0531. The second-order valence-electron chi connectivity index (χ2n) is 4.98. The Hall–Kier alpha value is -2.06. The normalized spacial score (nSPS) is 10.8. The number of hydrogen-bond acceptors (Lipinski definition) is 7. The SMILES string of the molecule is CCOC(=O)c1sc2ncnc(Oc3ccc(C)nc3Br)c2c1C. The summed E-state index contributed by atoms with van der Waals surface area (Å²) in [4.78, 5) is 26.0. The molecule has 3 heterocycles. The van der Waals surface area contributed by atoms with Gasteiger partial charge in [0.2, 0.25) is 5.88 Å². The van der Waals surface area contributed by atoms with E-state index in [9.17, 15) is 4.79 Å². The zero-order chi connectivity index (χ0) is 17.3. The van der Waals surface area contributed by atoms with E-state index < -0.39 is 0 Å². The maximum Gasteiger partial charge on any atom is 0.348 e. The first-order chi connectivity index (χ1) is 11.5. The molecule has 24 heavy (non-hydrogen) atoms. The van der Waals surface area contributed by atoms with Crippen molar-refractivity contribution in [2.45, 2.75) is 20.8 Å². The van der Waals surface area contributed by atoms with Crippen molar-refractivity contribution in [3.05, 3.63) is 39.2 Å². The Kier molecular flexibility index (Phi) is 4.77. The second-order valence-corrected chi connectivity index (χ2v) is 6.73. The van der Waals surface area contributed by atoms with Gasteiger partial charge in [0.25, 0.3) is 0 Å². The Morgan fingerprint density at radius 1 is 1.29 bits per heavy atom. The van der Waals surface area contributed by atoms with Crippen LogP contribution in [-0.2, 0) is 4.74 Å². The van der Waals surface area contributed by atoms with Crippen LogP contribution in [0.2, 0.25) is 0 Å². The van der Waals surface area contributed by atoms with E-state index in [0.717, 1.165) is 11.3 Å². The monoisotopic (exact) mass is 407 g/mol. The Morgan fingerprint density at radius 3 is 2.79 bits per heavy atom. The van der Waals surface area contributed by atoms with Crippen LogP contribution in [0.25, 0.3) is 10.2 Å². The standard InChI is InChI=1S/C16H14BrN3O3S/c1-4-22-16(21)12-9(3)11-14(18-7-19-15(11)24-12)23-10-6-5-8(2)20-13(10)17/h5-7H,4H2,1-3H3. The Balaban J connectivity index is 2.07. The zero-order valence-corrected chi connectivity index (χ0v) is 15.7. The average Bonchev–Trinajstić information content (AvgIpc) is 2.88. The number of pyridine rings is 1. The van der Waals surface area contributed by atoms with Crippen molar-refractivity contribution >= 4 is 43.5 Å². The highest BCUT2D eigenvalue weighted by Gasteiger charge is 2.21. The van der Waals surface area contributed by atoms with Crippen LogP contribution in [-0.4, -0.2) is 27.5 Å². The van der Waals surface area contributed by atoms with Gasteiger partial charge in [0.1, 0.15) is 20.6 Å². The lowest BCUT2D eigenvalue weighted by Crippen LogP contribution is -2.03. The highest BCUT2D eigenvalue weighted by Crippen LogP contribution is 2.37. The van der Waals surface area contributed by atoms with Gasteiger partial charge in [-0.2, -0.15) is 0 Å². The van der Waals surface area contributed by atoms with Crippen molar-refractivity contribution < 1.29 is 14.3 Å². The van der Waals surface area contributed by atoms with E-state index in [1.54, 1.807) is 6.92 Å². The maximum absolute atomic E-state index is 12.1. The minimum atomic E-state index is -0.359. The molecular weight excluding hydrogens is 394 g/mol. The third kappa shape index (κ3) is 3.11. The van der Waals surface area contributed by atoms with E-state index in [1.165, 1.54) is 17.7 Å². The van der Waals surface area contributed by atoms with Gasteiger partial charge in [0.15, 0.2) is 5.75 Å². The second kappa shape index (κ2) is 6.82. The number of aryl methyl sites for hydroxylation is 2. The predicted molar refractivity (Wildman–Crippen MR) is 94.9 cm³/mol. The molecule has 0 amide bonds. The van der Waals surface area contributed by atoms with E-state index in [4.69, 9.17) is 9.47 Å². The number of aromatic nitrogens is 3. The summed E-state index contributed by atoms with van der Waals surface area (Å²) >= 11 is 4.66. The molecule has 0 radical (unpaired) electrons. The van der Waals surface area contributed by atoms with E-state index >= 15 is 0 Å². The molecule has 0 bridgehead atoms. The molecule has 8 heteroatoms. The lowest BCUT2D eigenvalue weighted by Gasteiger charge is -2.08. The van der Waals surface area contributed by atoms with Crippen LogP contribution in [0.5, 0.6) is 11.6 Å². The number of thiophene rings is 1. The Morgan fingerprint density at radius 2 is 2.08 bits per heavy atom. The van der Waals surface area contributed by atoms with Gasteiger partial charge in [-0.1, -0.05) is 0 Å². The molecule has 0 fully saturated rings. The summed E-state index contributed by atoms with van der Waals surface area (Å²) in [7, 11) is 0. The molecule has 0 atom stereocenters. The molecule has 124 valence electrons. The zero-order valence-electron chi connectivity index (χ0n) is 13.3. The van der Waals surface area contributed by atoms with Crippen LogP contribution in [0.15, 0.2) is 23.1 Å². The van der Waals surface area contributed by atoms with Gasteiger partial charge in [-0.3, -0.25) is 0 Å². The number of fused-ring (bicyclic) bond motifs is 1. The molecule has 0 N–H and O–H groups in total. The Bertz CT molecular complexity index is 926. The van der Waals surface area contributed by atoms with Crippen molar-refractivity contribution in [3.8, 4) is 11.6 Å². The third-order valence-corrected chi connectivity index (χ3v) is 5.06. The van der Waals surface area contributed by atoms with Crippen molar-refractivity contribution in [1.82, 2.24) is 15.0 Å². The third-order valence-electron chi connectivity index (χ3n) is 3.31. The van der Waals surface area contributed by atoms with Crippen LogP contribution < -0.4 is 4.74 Å². The van der Waals surface area contributed by atoms with Crippen molar-refractivity contribution in [2.24, 2.45) is 0 Å². The van der Waals surface area contributed by atoms with Gasteiger partial charge < -0.3 is 9.47 Å². The summed E-state index contributed by atoms with van der Waals surface area (Å²) in [5, 5.41) is 0.707. The first kappa shape index (κ1) is 16.8. The molecule has 0 saturated heterocycles. The number of hydrogen-bond donors (Lipinski definition) is 0. The molecule has 3 aromatic rings. The molecule has 0 aliphatic heterocycles. The minimum absolute atomic E-state index is 0.323. The van der Waals surface area contributed by atoms with Gasteiger partial charge in [-0.25, -0.2) is 19.7 Å². The van der Waals surface area contributed by atoms with Gasteiger partial charge >= 0.3 is 5.97 Å². The number of halogens is 1. The highest BCUT2D eigenvalue weighted by atomic mass is 79.9. The van der Waals surface area contributed by atoms with Crippen molar-refractivity contribution in [1.29, 1.82) is 0 Å². The average molecular weight is 408 g/mol. The van der Waals surface area contributed by atoms with Crippen LogP contribution >= 0.6 is 27.3 Å². The van der Waals surface area contributed by atoms with Crippen LogP contribution in [0.1, 0.15) is 27.9 Å². The van der Waals surface area contributed by atoms with Crippen LogP contribution in [0.3, 0.4) is 0 Å². The summed E-state index contributed by atoms with van der Waals surface area (Å²) < 4.78 is 11.6. The molecule has 0 aromatic carbocycles. The van der Waals surface area contributed by atoms with Gasteiger partial charge in [0.05, 0.1) is 12.0 Å². The fourth-order valence-corrected chi connectivity index (χ4v) is 3.73. The summed E-state index contributed by atoms with van der Waals surface area (Å²) in [5.74, 6) is 0.571. The summed E-state index contributed by atoms with van der Waals surface area (Å²) in [6.07, 6.45) is 1.41. The first-order valence-corrected chi connectivity index (χ1v) is 8.84. The fourth-order valence-electron chi connectivity index (χ4n) is 2.20. The molecule has 0 unspecified atom stereocenters. The summed E-state index contributed by atoms with van der Waals surface area (Å²) in [5.41, 5.74) is 1.62. The van der Waals surface area contributed by atoms with Gasteiger partial charge in [-0.05, 0) is 54.4 Å². The highest BCUT2D eigenvalue weighted by molar-refractivity contribution is 9.10. The molecule has 3 aromatic heterocycles. The van der Waals surface area contributed by atoms with Crippen molar-refractivity contribution in [2.75, 3.05) is 6.61 Å². The number of carbonyl (C=O) groups excluding carboxylic acids is 1. The maximum atomic E-state index is 12.1. The minimum Gasteiger partial charge on any atom is -0.462 e. The number of nitrogens with zero attached hydrogens (tertiary/aromatic N) is 3. The molecule has 0 aliphatic carbocycles. The summed E-state index contributed by atoms with van der Waals surface area (Å²) in [6.45, 7) is 5.83. The lowest BCUT2D eigenvalue weighted by atomic mass is 10.2. The number of rotatable bonds is 4. The van der Waals surface area contributed by atoms with E-state index in [0.29, 0.717) is 37.9 Å². The topological polar surface area (TPSA) is 74.2 Å².